The fourth-order valence-corrected chi connectivity index (χ4v) is 2.21. The molecule has 0 bridgehead atoms. The molecule has 1 rings (SSSR count). The minimum Gasteiger partial charge on any atom is -0.126 e. The van der Waals surface area contributed by atoms with Crippen molar-refractivity contribution in [2.75, 3.05) is 5.75 Å². The Bertz CT molecular complexity index is 245. The van der Waals surface area contributed by atoms with E-state index in [1.54, 1.807) is 0 Å². The van der Waals surface area contributed by atoms with E-state index in [9.17, 15) is 0 Å². The Morgan fingerprint density at radius 2 is 2.18 bits per heavy atom. The Kier molecular flexibility index (Phi) is 3.46. The molecule has 0 saturated carbocycles. The normalized spacial score (nSPS) is 10.1. The highest BCUT2D eigenvalue weighted by Crippen LogP contribution is 2.25. The predicted octanol–water partition coefficient (Wildman–Crippen LogP) is 3.87. The number of hydrogen-bond donors (Lipinski definition) is 0. The molecule has 60 valence electrons. The van der Waals surface area contributed by atoms with Crippen molar-refractivity contribution in [2.24, 2.45) is 0 Å². The van der Waals surface area contributed by atoms with Gasteiger partial charge >= 0.3 is 0 Å². The van der Waals surface area contributed by atoms with Gasteiger partial charge in [0.25, 0.3) is 0 Å². The molecule has 0 N–H and O–H groups in total. The Morgan fingerprint density at radius 1 is 1.45 bits per heavy atom. The number of aryl methyl sites for hydroxylation is 1. The summed E-state index contributed by atoms with van der Waals surface area (Å²) in [6.45, 7) is 4.31. The largest absolute Gasteiger partial charge is 0.126 e. The van der Waals surface area contributed by atoms with Crippen LogP contribution in [0.2, 0.25) is 0 Å². The van der Waals surface area contributed by atoms with E-state index in [0.29, 0.717) is 0 Å². The quantitative estimate of drug-likeness (QED) is 0.696. The second-order valence-corrected chi connectivity index (χ2v) is 4.56. The summed E-state index contributed by atoms with van der Waals surface area (Å²) in [5.74, 6) is 1.14. The van der Waals surface area contributed by atoms with Crippen LogP contribution < -0.4 is 0 Å². The van der Waals surface area contributed by atoms with Crippen LogP contribution >= 0.6 is 27.7 Å². The summed E-state index contributed by atoms with van der Waals surface area (Å²) in [6.07, 6.45) is 0. The summed E-state index contributed by atoms with van der Waals surface area (Å²) >= 11 is 5.34. The average molecular weight is 231 g/mol. The van der Waals surface area contributed by atoms with Gasteiger partial charge < -0.3 is 0 Å². The number of halogens is 1. The highest BCUT2D eigenvalue weighted by Gasteiger charge is 1.97. The third-order valence-corrected chi connectivity index (χ3v) is 2.98. The minimum atomic E-state index is 1.14. The molecule has 1 aromatic carbocycles. The molecule has 0 nitrogen and oxygen atoms in total. The van der Waals surface area contributed by atoms with E-state index in [0.717, 1.165) is 5.75 Å². The fourth-order valence-electron chi connectivity index (χ4n) is 0.885. The summed E-state index contributed by atoms with van der Waals surface area (Å²) < 4.78 is 1.17. The van der Waals surface area contributed by atoms with Crippen LogP contribution in [0, 0.1) is 6.92 Å². The summed E-state index contributed by atoms with van der Waals surface area (Å²) in [5, 5.41) is 0. The van der Waals surface area contributed by atoms with Gasteiger partial charge in [0.2, 0.25) is 0 Å². The molecule has 0 unspecified atom stereocenters. The number of hydrogen-bond acceptors (Lipinski definition) is 1. The molecule has 0 aliphatic carbocycles. The topological polar surface area (TPSA) is 0 Å². The standard InChI is InChI=1S/C9H11BrS/c1-3-11-9-6-8(10)5-4-7(9)2/h4-6H,3H2,1-2H3. The lowest BCUT2D eigenvalue weighted by Gasteiger charge is -2.02. The maximum atomic E-state index is 3.45. The second kappa shape index (κ2) is 4.17. The van der Waals surface area contributed by atoms with E-state index < -0.39 is 0 Å². The molecule has 0 saturated heterocycles. The molecule has 1 aromatic rings. The smallest absolute Gasteiger partial charge is 0.0186 e. The summed E-state index contributed by atoms with van der Waals surface area (Å²) in [6, 6.07) is 6.39. The lowest BCUT2D eigenvalue weighted by Crippen LogP contribution is -1.79. The molecule has 0 radical (unpaired) electrons. The molecule has 11 heavy (non-hydrogen) atoms. The number of thioether (sulfide) groups is 1. The zero-order valence-electron chi connectivity index (χ0n) is 6.73. The number of rotatable bonds is 2. The van der Waals surface area contributed by atoms with Crippen LogP contribution in [0.4, 0.5) is 0 Å². The highest BCUT2D eigenvalue weighted by atomic mass is 79.9. The zero-order valence-corrected chi connectivity index (χ0v) is 9.13. The van der Waals surface area contributed by atoms with Gasteiger partial charge in [-0.3, -0.25) is 0 Å². The molecule has 0 aliphatic heterocycles. The van der Waals surface area contributed by atoms with Crippen molar-refractivity contribution in [3.05, 3.63) is 28.2 Å². The molecule has 0 atom stereocenters. The highest BCUT2D eigenvalue weighted by molar-refractivity contribution is 9.10. The van der Waals surface area contributed by atoms with Crippen molar-refractivity contribution in [1.29, 1.82) is 0 Å². The molecule has 2 heteroatoms. The van der Waals surface area contributed by atoms with Crippen LogP contribution in [0.3, 0.4) is 0 Å². The van der Waals surface area contributed by atoms with Gasteiger partial charge in [-0.1, -0.05) is 28.9 Å². The third-order valence-electron chi connectivity index (χ3n) is 1.45. The van der Waals surface area contributed by atoms with Crippen LogP contribution in [0.5, 0.6) is 0 Å². The van der Waals surface area contributed by atoms with Gasteiger partial charge in [0.05, 0.1) is 0 Å². The molecule has 0 aliphatic rings. The first kappa shape index (κ1) is 9.14. The van der Waals surface area contributed by atoms with Crippen LogP contribution in [-0.4, -0.2) is 5.75 Å². The molecule has 0 aromatic heterocycles. The van der Waals surface area contributed by atoms with Crippen molar-refractivity contribution in [2.45, 2.75) is 18.7 Å². The van der Waals surface area contributed by atoms with Crippen molar-refractivity contribution in [3.8, 4) is 0 Å². The third kappa shape index (κ3) is 2.53. The Hall–Kier alpha value is 0.0500. The van der Waals surface area contributed by atoms with Gasteiger partial charge in [-0.15, -0.1) is 11.8 Å². The monoisotopic (exact) mass is 230 g/mol. The van der Waals surface area contributed by atoms with E-state index in [-0.39, 0.29) is 0 Å². The van der Waals surface area contributed by atoms with Gasteiger partial charge in [-0.25, -0.2) is 0 Å². The lowest BCUT2D eigenvalue weighted by molar-refractivity contribution is 1.28. The molecule has 0 amide bonds. The Labute approximate surface area is 80.5 Å². The summed E-state index contributed by atoms with van der Waals surface area (Å²) in [7, 11) is 0. The molecule has 0 heterocycles. The van der Waals surface area contributed by atoms with Crippen LogP contribution in [0.15, 0.2) is 27.6 Å². The van der Waals surface area contributed by atoms with Crippen molar-refractivity contribution < 1.29 is 0 Å². The minimum absolute atomic E-state index is 1.14. The van der Waals surface area contributed by atoms with Crippen molar-refractivity contribution in [3.63, 3.8) is 0 Å². The lowest BCUT2D eigenvalue weighted by atomic mass is 10.2. The van der Waals surface area contributed by atoms with Gasteiger partial charge in [-0.2, -0.15) is 0 Å². The van der Waals surface area contributed by atoms with Gasteiger partial charge in [0, 0.05) is 9.37 Å². The Balaban J connectivity index is 2.93. The van der Waals surface area contributed by atoms with Crippen LogP contribution in [0.1, 0.15) is 12.5 Å². The van der Waals surface area contributed by atoms with Gasteiger partial charge in [0.1, 0.15) is 0 Å². The first-order chi connectivity index (χ1) is 5.24. The van der Waals surface area contributed by atoms with Crippen molar-refractivity contribution >= 4 is 27.7 Å². The molecular weight excluding hydrogens is 220 g/mol. The van der Waals surface area contributed by atoms with E-state index in [2.05, 4.69) is 48.0 Å². The molecule has 0 fully saturated rings. The molecular formula is C9H11BrS. The van der Waals surface area contributed by atoms with Crippen LogP contribution in [0.25, 0.3) is 0 Å². The van der Waals surface area contributed by atoms with Gasteiger partial charge in [-0.05, 0) is 30.4 Å². The summed E-state index contributed by atoms with van der Waals surface area (Å²) in [5.41, 5.74) is 1.36. The molecule has 0 spiro atoms. The average Bonchev–Trinajstić information content (AvgIpc) is 1.98. The summed E-state index contributed by atoms with van der Waals surface area (Å²) in [4.78, 5) is 1.38. The maximum Gasteiger partial charge on any atom is 0.0186 e. The second-order valence-electron chi connectivity index (χ2n) is 2.34. The fraction of sp³-hybridized carbons (Fsp3) is 0.333. The Morgan fingerprint density at radius 3 is 2.82 bits per heavy atom. The first-order valence-corrected chi connectivity index (χ1v) is 5.41. The van der Waals surface area contributed by atoms with E-state index in [1.165, 1.54) is 14.9 Å². The zero-order chi connectivity index (χ0) is 8.27. The first-order valence-electron chi connectivity index (χ1n) is 3.63. The van der Waals surface area contributed by atoms with E-state index >= 15 is 0 Å². The number of benzene rings is 1. The van der Waals surface area contributed by atoms with Crippen molar-refractivity contribution in [1.82, 2.24) is 0 Å². The van der Waals surface area contributed by atoms with E-state index in [1.807, 2.05) is 11.8 Å². The van der Waals surface area contributed by atoms with Crippen LogP contribution in [-0.2, 0) is 0 Å². The van der Waals surface area contributed by atoms with Gasteiger partial charge in [0.15, 0.2) is 0 Å². The predicted molar refractivity (Wildman–Crippen MR) is 55.3 cm³/mol. The SMILES string of the molecule is CCSc1cc(Br)ccc1C. The van der Waals surface area contributed by atoms with E-state index in [4.69, 9.17) is 0 Å². The maximum absolute atomic E-state index is 3.45.